The molecular weight excluding hydrogens is 631 g/mol. The highest BCUT2D eigenvalue weighted by Crippen LogP contribution is 2.33. The molecule has 250 valence electrons. The van der Waals surface area contributed by atoms with Crippen LogP contribution in [-0.4, -0.2) is 37.5 Å². The van der Waals surface area contributed by atoms with Gasteiger partial charge in [0.25, 0.3) is 11.8 Å². The number of ether oxygens (including phenoxy) is 1. The topological polar surface area (TPSA) is 114 Å². The minimum atomic E-state index is -3.83. The molecule has 0 unspecified atom stereocenters. The third-order valence-corrected chi connectivity index (χ3v) is 10.6. The Bertz CT molecular complexity index is 1850. The molecule has 2 amide bonds. The summed E-state index contributed by atoms with van der Waals surface area (Å²) in [4.78, 5) is 33.7. The first-order chi connectivity index (χ1) is 22.1. The molecule has 47 heavy (non-hydrogen) atoms. The lowest BCUT2D eigenvalue weighted by atomic mass is 9.87. The van der Waals surface area contributed by atoms with Crippen molar-refractivity contribution < 1.29 is 22.7 Å². The van der Waals surface area contributed by atoms with E-state index in [1.54, 1.807) is 17.4 Å². The summed E-state index contributed by atoms with van der Waals surface area (Å²) in [6, 6.07) is 18.4. The second kappa shape index (κ2) is 14.2. The van der Waals surface area contributed by atoms with Gasteiger partial charge in [0.2, 0.25) is 10.0 Å². The number of benzene rings is 2. The third kappa shape index (κ3) is 9.20. The SMILES string of the molecule is CC(C)c1ccc(C[C@H](NC(=O)c2cc3ccc(Oc4ccc(C(C)(C)C)cc4)cc3c(CC3CCCC3)n2)C(=O)NS(C)(=O)=O)s1. The monoisotopic (exact) mass is 675 g/mol. The van der Waals surface area contributed by atoms with Crippen molar-refractivity contribution in [3.8, 4) is 11.5 Å². The summed E-state index contributed by atoms with van der Waals surface area (Å²) in [6.45, 7) is 10.7. The Labute approximate surface area is 282 Å². The summed E-state index contributed by atoms with van der Waals surface area (Å²) in [7, 11) is -3.83. The van der Waals surface area contributed by atoms with Crippen LogP contribution in [0.4, 0.5) is 0 Å². The Kier molecular flexibility index (Phi) is 10.4. The second-order valence-corrected chi connectivity index (χ2v) is 16.9. The molecule has 0 bridgehead atoms. The van der Waals surface area contributed by atoms with Gasteiger partial charge in [0, 0.05) is 27.3 Å². The molecule has 1 fully saturated rings. The average Bonchev–Trinajstić information content (AvgIpc) is 3.68. The van der Waals surface area contributed by atoms with E-state index < -0.39 is 27.9 Å². The molecule has 4 aromatic rings. The minimum absolute atomic E-state index is 0.0467. The molecule has 0 spiro atoms. The molecule has 2 aromatic heterocycles. The number of fused-ring (bicyclic) bond motifs is 1. The molecule has 0 saturated heterocycles. The average molecular weight is 676 g/mol. The molecule has 10 heteroatoms. The summed E-state index contributed by atoms with van der Waals surface area (Å²) in [5.41, 5.74) is 2.27. The number of carbonyl (C=O) groups excluding carboxylic acids is 2. The summed E-state index contributed by atoms with van der Waals surface area (Å²) in [6.07, 6.45) is 6.40. The number of pyridine rings is 1. The Balaban J connectivity index is 1.44. The number of nitrogens with one attached hydrogen (secondary N) is 2. The van der Waals surface area contributed by atoms with Gasteiger partial charge in [0.15, 0.2) is 0 Å². The minimum Gasteiger partial charge on any atom is -0.457 e. The molecule has 0 radical (unpaired) electrons. The van der Waals surface area contributed by atoms with E-state index in [4.69, 9.17) is 9.72 Å². The van der Waals surface area contributed by atoms with Crippen molar-refractivity contribution in [3.63, 3.8) is 0 Å². The largest absolute Gasteiger partial charge is 0.457 e. The van der Waals surface area contributed by atoms with Gasteiger partial charge in [0.1, 0.15) is 23.2 Å². The van der Waals surface area contributed by atoms with Crippen molar-refractivity contribution in [1.29, 1.82) is 0 Å². The quantitative estimate of drug-likeness (QED) is 0.169. The highest BCUT2D eigenvalue weighted by molar-refractivity contribution is 7.89. The van der Waals surface area contributed by atoms with Crippen molar-refractivity contribution in [3.05, 3.63) is 87.4 Å². The van der Waals surface area contributed by atoms with Gasteiger partial charge in [-0.3, -0.25) is 14.3 Å². The van der Waals surface area contributed by atoms with Crippen molar-refractivity contribution >= 4 is 43.9 Å². The van der Waals surface area contributed by atoms with E-state index in [2.05, 4.69) is 52.1 Å². The van der Waals surface area contributed by atoms with E-state index in [-0.39, 0.29) is 17.5 Å². The fourth-order valence-electron chi connectivity index (χ4n) is 5.99. The highest BCUT2D eigenvalue weighted by Gasteiger charge is 2.27. The van der Waals surface area contributed by atoms with Crippen molar-refractivity contribution in [2.75, 3.05) is 6.26 Å². The predicted octanol–water partition coefficient (Wildman–Crippen LogP) is 7.66. The first-order valence-corrected chi connectivity index (χ1v) is 19.0. The standard InChI is InChI=1S/C37H45N3O5S2/c1-23(2)34-18-17-29(46-34)22-33(36(42)40-47(6,43)44)39-35(41)32-20-25-11-14-28(45-27-15-12-26(13-16-27)37(3,4)5)21-30(25)31(38-32)19-24-9-7-8-10-24/h11-18,20-21,23-24,33H,7-10,19,22H2,1-6H3,(H,39,41)(H,40,42)/t33-/m0/s1. The number of sulfonamides is 1. The first kappa shape index (κ1) is 34.6. The molecule has 2 N–H and O–H groups in total. The molecule has 8 nitrogen and oxygen atoms in total. The van der Waals surface area contributed by atoms with E-state index in [1.807, 2.05) is 47.2 Å². The zero-order chi connectivity index (χ0) is 33.9. The van der Waals surface area contributed by atoms with Crippen LogP contribution in [-0.2, 0) is 33.1 Å². The summed E-state index contributed by atoms with van der Waals surface area (Å²) in [5.74, 6) is 0.885. The number of amides is 2. The normalized spacial score (nSPS) is 14.8. The number of hydrogen-bond donors (Lipinski definition) is 2. The fourth-order valence-corrected chi connectivity index (χ4v) is 7.56. The van der Waals surface area contributed by atoms with Crippen LogP contribution in [0.2, 0.25) is 0 Å². The fraction of sp³-hybridized carbons (Fsp3) is 0.432. The van der Waals surface area contributed by atoms with Crippen molar-refractivity contribution in [2.45, 2.75) is 90.5 Å². The predicted molar refractivity (Wildman–Crippen MR) is 189 cm³/mol. The molecule has 0 aliphatic heterocycles. The van der Waals surface area contributed by atoms with Crippen LogP contribution < -0.4 is 14.8 Å². The van der Waals surface area contributed by atoms with Crippen LogP contribution in [0.5, 0.6) is 11.5 Å². The molecule has 1 atom stereocenters. The lowest BCUT2D eigenvalue weighted by Gasteiger charge is -2.19. The zero-order valence-corrected chi connectivity index (χ0v) is 29.7. The van der Waals surface area contributed by atoms with E-state index in [1.165, 1.54) is 18.4 Å². The summed E-state index contributed by atoms with van der Waals surface area (Å²) in [5, 5.41) is 4.55. The number of nitrogens with zero attached hydrogens (tertiary/aromatic N) is 1. The first-order valence-electron chi connectivity index (χ1n) is 16.3. The number of carbonyl (C=O) groups is 2. The molecule has 1 aliphatic carbocycles. The zero-order valence-electron chi connectivity index (χ0n) is 28.1. The molecular formula is C37H45N3O5S2. The number of rotatable bonds is 11. The second-order valence-electron chi connectivity index (χ2n) is 14.0. The van der Waals surface area contributed by atoms with Gasteiger partial charge in [-0.05, 0) is 77.1 Å². The van der Waals surface area contributed by atoms with Gasteiger partial charge in [0.05, 0.1) is 6.26 Å². The van der Waals surface area contributed by atoms with E-state index in [9.17, 15) is 18.0 Å². The Hall–Kier alpha value is -3.76. The molecule has 1 aliphatic rings. The van der Waals surface area contributed by atoms with E-state index >= 15 is 0 Å². The molecule has 2 aromatic carbocycles. The smallest absolute Gasteiger partial charge is 0.270 e. The number of hydrogen-bond acceptors (Lipinski definition) is 7. The Morgan fingerprint density at radius 3 is 2.28 bits per heavy atom. The maximum absolute atomic E-state index is 13.7. The van der Waals surface area contributed by atoms with Crippen molar-refractivity contribution in [1.82, 2.24) is 15.0 Å². The van der Waals surface area contributed by atoms with Crippen LogP contribution in [0.15, 0.2) is 60.7 Å². The molecule has 1 saturated carbocycles. The maximum atomic E-state index is 13.7. The molecule has 5 rings (SSSR count). The lowest BCUT2D eigenvalue weighted by Crippen LogP contribution is -2.49. The third-order valence-electron chi connectivity index (χ3n) is 8.59. The van der Waals surface area contributed by atoms with Crippen LogP contribution >= 0.6 is 11.3 Å². The number of thiophene rings is 1. The van der Waals surface area contributed by atoms with Crippen LogP contribution in [0.3, 0.4) is 0 Å². The molecule has 2 heterocycles. The van der Waals surface area contributed by atoms with E-state index in [0.717, 1.165) is 57.5 Å². The summed E-state index contributed by atoms with van der Waals surface area (Å²) < 4.78 is 32.2. The van der Waals surface area contributed by atoms with Crippen LogP contribution in [0.1, 0.15) is 97.7 Å². The van der Waals surface area contributed by atoms with Gasteiger partial charge in [-0.2, -0.15) is 0 Å². The van der Waals surface area contributed by atoms with Crippen molar-refractivity contribution in [2.24, 2.45) is 5.92 Å². The van der Waals surface area contributed by atoms with Gasteiger partial charge in [-0.1, -0.05) is 78.5 Å². The van der Waals surface area contributed by atoms with Gasteiger partial charge >= 0.3 is 0 Å². The van der Waals surface area contributed by atoms with E-state index in [0.29, 0.717) is 17.6 Å². The Morgan fingerprint density at radius 2 is 1.66 bits per heavy atom. The highest BCUT2D eigenvalue weighted by atomic mass is 32.2. The van der Waals surface area contributed by atoms with Gasteiger partial charge < -0.3 is 10.1 Å². The summed E-state index contributed by atoms with van der Waals surface area (Å²) >= 11 is 1.54. The maximum Gasteiger partial charge on any atom is 0.270 e. The van der Waals surface area contributed by atoms with Crippen LogP contribution in [0, 0.1) is 5.92 Å². The Morgan fingerprint density at radius 1 is 0.979 bits per heavy atom. The lowest BCUT2D eigenvalue weighted by molar-refractivity contribution is -0.121. The van der Waals surface area contributed by atoms with Gasteiger partial charge in [-0.25, -0.2) is 13.4 Å². The number of aromatic nitrogens is 1. The van der Waals surface area contributed by atoms with Crippen LogP contribution in [0.25, 0.3) is 10.8 Å². The van der Waals surface area contributed by atoms with Gasteiger partial charge in [-0.15, -0.1) is 11.3 Å².